The monoisotopic (exact) mass is 227 g/mol. The van der Waals surface area contributed by atoms with Crippen LogP contribution in [0.5, 0.6) is 0 Å². The van der Waals surface area contributed by atoms with Crippen LogP contribution in [0.4, 0.5) is 4.79 Å². The number of carboxylic acids is 1. The summed E-state index contributed by atoms with van der Waals surface area (Å²) in [6.07, 6.45) is 1.19. The number of amides is 1. The molecule has 5 heteroatoms. The van der Waals surface area contributed by atoms with E-state index < -0.39 is 23.2 Å². The van der Waals surface area contributed by atoms with Gasteiger partial charge in [-0.05, 0) is 27.2 Å². The molecule has 1 saturated carbocycles. The molecule has 0 unspecified atom stereocenters. The minimum absolute atomic E-state index is 0.225. The Bertz CT molecular complexity index is 331. The van der Waals surface area contributed by atoms with Gasteiger partial charge < -0.3 is 15.2 Å². The van der Waals surface area contributed by atoms with E-state index in [0.717, 1.165) is 0 Å². The normalized spacial score (nSPS) is 28.1. The second kappa shape index (κ2) is 3.81. The number of hydrogen-bond donors (Lipinski definition) is 2. The molecule has 0 saturated heterocycles. The Balaban J connectivity index is 2.63. The molecule has 0 bridgehead atoms. The molecule has 1 aliphatic rings. The quantitative estimate of drug-likeness (QED) is 0.717. The molecule has 5 nitrogen and oxygen atoms in total. The number of rotatable bonds is 3. The van der Waals surface area contributed by atoms with E-state index in [4.69, 9.17) is 9.84 Å². The fraction of sp³-hybridized carbons (Fsp3) is 0.636. The lowest BCUT2D eigenvalue weighted by atomic mass is 10.2. The standard InChI is InChI=1S/C11H17NO4/c1-5-7-6-11(7,8(13)14)12-9(15)16-10(2,3)4/h5,7H,1,6H2,2-4H3,(H,12,15)(H,13,14)/t7-,11+/m0/s1. The van der Waals surface area contributed by atoms with Crippen LogP contribution in [0.2, 0.25) is 0 Å². The van der Waals surface area contributed by atoms with Crippen molar-refractivity contribution in [3.8, 4) is 0 Å². The summed E-state index contributed by atoms with van der Waals surface area (Å²) < 4.78 is 5.01. The zero-order chi connectivity index (χ0) is 12.6. The molecule has 1 aliphatic carbocycles. The van der Waals surface area contributed by atoms with Gasteiger partial charge in [0.1, 0.15) is 11.1 Å². The van der Waals surface area contributed by atoms with Gasteiger partial charge in [0.15, 0.2) is 0 Å². The zero-order valence-corrected chi connectivity index (χ0v) is 9.74. The summed E-state index contributed by atoms with van der Waals surface area (Å²) in [5.74, 6) is -1.28. The average molecular weight is 227 g/mol. The Hall–Kier alpha value is -1.52. The fourth-order valence-corrected chi connectivity index (χ4v) is 1.50. The number of carboxylic acid groups (broad SMARTS) is 1. The summed E-state index contributed by atoms with van der Waals surface area (Å²) in [5.41, 5.74) is -1.85. The molecule has 2 N–H and O–H groups in total. The maximum atomic E-state index is 11.4. The minimum Gasteiger partial charge on any atom is -0.479 e. The van der Waals surface area contributed by atoms with Crippen molar-refractivity contribution in [1.82, 2.24) is 5.32 Å². The van der Waals surface area contributed by atoms with E-state index >= 15 is 0 Å². The molecule has 16 heavy (non-hydrogen) atoms. The lowest BCUT2D eigenvalue weighted by molar-refractivity contribution is -0.141. The SMILES string of the molecule is C=C[C@H]1C[C@]1(NC(=O)OC(C)(C)C)C(=O)O. The summed E-state index contributed by atoms with van der Waals surface area (Å²) >= 11 is 0. The van der Waals surface area contributed by atoms with E-state index in [2.05, 4.69) is 11.9 Å². The molecule has 0 aromatic rings. The third-order valence-corrected chi connectivity index (χ3v) is 2.40. The molecule has 1 rings (SSSR count). The van der Waals surface area contributed by atoms with Crippen LogP contribution in [0, 0.1) is 5.92 Å². The molecule has 2 atom stereocenters. The Morgan fingerprint density at radius 3 is 2.44 bits per heavy atom. The fourth-order valence-electron chi connectivity index (χ4n) is 1.50. The Morgan fingerprint density at radius 1 is 1.56 bits per heavy atom. The second-order valence-electron chi connectivity index (χ2n) is 4.95. The van der Waals surface area contributed by atoms with E-state index in [1.54, 1.807) is 20.8 Å². The van der Waals surface area contributed by atoms with Crippen molar-refractivity contribution in [2.45, 2.75) is 38.3 Å². The van der Waals surface area contributed by atoms with Crippen LogP contribution >= 0.6 is 0 Å². The van der Waals surface area contributed by atoms with Crippen LogP contribution in [0.1, 0.15) is 27.2 Å². The summed E-state index contributed by atoms with van der Waals surface area (Å²) in [4.78, 5) is 22.5. The maximum Gasteiger partial charge on any atom is 0.408 e. The number of carbonyl (C=O) groups is 2. The molecule has 0 heterocycles. The molecule has 0 spiro atoms. The van der Waals surface area contributed by atoms with Crippen molar-refractivity contribution in [3.63, 3.8) is 0 Å². The molecule has 0 aromatic heterocycles. The van der Waals surface area contributed by atoms with Gasteiger partial charge in [-0.25, -0.2) is 9.59 Å². The first kappa shape index (κ1) is 12.5. The first-order valence-electron chi connectivity index (χ1n) is 5.08. The van der Waals surface area contributed by atoms with Gasteiger partial charge in [0.05, 0.1) is 0 Å². The predicted octanol–water partition coefficient (Wildman–Crippen LogP) is 1.54. The number of carbonyl (C=O) groups excluding carboxylic acids is 1. The molecule has 0 radical (unpaired) electrons. The Morgan fingerprint density at radius 2 is 2.12 bits per heavy atom. The molecular formula is C11H17NO4. The lowest BCUT2D eigenvalue weighted by Gasteiger charge is -2.22. The molecule has 1 fully saturated rings. The highest BCUT2D eigenvalue weighted by molar-refractivity contribution is 5.88. The molecular weight excluding hydrogens is 210 g/mol. The first-order chi connectivity index (χ1) is 7.21. The zero-order valence-electron chi connectivity index (χ0n) is 9.74. The van der Waals surface area contributed by atoms with Crippen molar-refractivity contribution in [1.29, 1.82) is 0 Å². The van der Waals surface area contributed by atoms with Crippen molar-refractivity contribution in [2.24, 2.45) is 5.92 Å². The van der Waals surface area contributed by atoms with Gasteiger partial charge in [-0.3, -0.25) is 0 Å². The highest BCUT2D eigenvalue weighted by Crippen LogP contribution is 2.44. The smallest absolute Gasteiger partial charge is 0.408 e. The van der Waals surface area contributed by atoms with Gasteiger partial charge in [-0.15, -0.1) is 6.58 Å². The van der Waals surface area contributed by atoms with Crippen LogP contribution in [0.3, 0.4) is 0 Å². The number of nitrogens with one attached hydrogen (secondary N) is 1. The van der Waals surface area contributed by atoms with E-state index in [-0.39, 0.29) is 5.92 Å². The van der Waals surface area contributed by atoms with Gasteiger partial charge in [-0.2, -0.15) is 0 Å². The number of alkyl carbamates (subject to hydrolysis) is 1. The Kier molecular flexibility index (Phi) is 2.99. The van der Waals surface area contributed by atoms with Crippen LogP contribution in [0.25, 0.3) is 0 Å². The molecule has 0 aromatic carbocycles. The third-order valence-electron chi connectivity index (χ3n) is 2.40. The number of ether oxygens (including phenoxy) is 1. The third kappa shape index (κ3) is 2.53. The van der Waals surface area contributed by atoms with E-state index in [1.165, 1.54) is 6.08 Å². The van der Waals surface area contributed by atoms with Crippen molar-refractivity contribution < 1.29 is 19.4 Å². The van der Waals surface area contributed by atoms with E-state index in [1.807, 2.05) is 0 Å². The summed E-state index contributed by atoms with van der Waals surface area (Å²) in [6, 6.07) is 0. The Labute approximate surface area is 94.5 Å². The van der Waals surface area contributed by atoms with Gasteiger partial charge in [-0.1, -0.05) is 6.08 Å². The maximum absolute atomic E-state index is 11.4. The summed E-state index contributed by atoms with van der Waals surface area (Å²) in [5, 5.41) is 11.4. The van der Waals surface area contributed by atoms with Gasteiger partial charge in [0.2, 0.25) is 0 Å². The highest BCUT2D eigenvalue weighted by atomic mass is 16.6. The van der Waals surface area contributed by atoms with Crippen LogP contribution in [-0.2, 0) is 9.53 Å². The van der Waals surface area contributed by atoms with Gasteiger partial charge in [0, 0.05) is 5.92 Å². The molecule has 90 valence electrons. The largest absolute Gasteiger partial charge is 0.479 e. The van der Waals surface area contributed by atoms with Crippen molar-refractivity contribution >= 4 is 12.1 Å². The van der Waals surface area contributed by atoms with Gasteiger partial charge in [0.25, 0.3) is 0 Å². The second-order valence-corrected chi connectivity index (χ2v) is 4.95. The highest BCUT2D eigenvalue weighted by Gasteiger charge is 2.60. The average Bonchev–Trinajstić information content (AvgIpc) is 2.76. The molecule has 1 amide bonds. The van der Waals surface area contributed by atoms with Crippen molar-refractivity contribution in [2.75, 3.05) is 0 Å². The number of aliphatic carboxylic acids is 1. The van der Waals surface area contributed by atoms with Crippen molar-refractivity contribution in [3.05, 3.63) is 12.7 Å². The number of hydrogen-bond acceptors (Lipinski definition) is 3. The van der Waals surface area contributed by atoms with E-state index in [9.17, 15) is 9.59 Å². The lowest BCUT2D eigenvalue weighted by Crippen LogP contribution is -2.46. The van der Waals surface area contributed by atoms with Gasteiger partial charge >= 0.3 is 12.1 Å². The van der Waals surface area contributed by atoms with Crippen LogP contribution < -0.4 is 5.32 Å². The van der Waals surface area contributed by atoms with E-state index in [0.29, 0.717) is 6.42 Å². The predicted molar refractivity (Wildman–Crippen MR) is 58.0 cm³/mol. The topological polar surface area (TPSA) is 75.6 Å². The summed E-state index contributed by atoms with van der Waals surface area (Å²) in [6.45, 7) is 8.69. The minimum atomic E-state index is -1.22. The van der Waals surface area contributed by atoms with Crippen LogP contribution in [0.15, 0.2) is 12.7 Å². The first-order valence-corrected chi connectivity index (χ1v) is 5.08. The van der Waals surface area contributed by atoms with Crippen LogP contribution in [-0.4, -0.2) is 28.3 Å². The molecule has 0 aliphatic heterocycles. The summed E-state index contributed by atoms with van der Waals surface area (Å²) in [7, 11) is 0.